The molecule has 29 heavy (non-hydrogen) atoms. The average Bonchev–Trinajstić information content (AvgIpc) is 3.21. The summed E-state index contributed by atoms with van der Waals surface area (Å²) in [6.07, 6.45) is 1.44. The van der Waals surface area contributed by atoms with Crippen LogP contribution in [-0.2, 0) is 22.7 Å². The minimum Gasteiger partial charge on any atom is -0.456 e. The molecular formula is C20H15ClN4O4. The van der Waals surface area contributed by atoms with Crippen molar-refractivity contribution < 1.29 is 13.9 Å². The Bertz CT molecular complexity index is 1220. The van der Waals surface area contributed by atoms with E-state index in [1.807, 2.05) is 6.07 Å². The molecule has 8 nitrogen and oxygen atoms in total. The molecule has 0 aliphatic heterocycles. The number of hydrogen-bond acceptors (Lipinski definition) is 7. The maximum absolute atomic E-state index is 12.4. The maximum Gasteiger partial charge on any atom is 0.308 e. The molecule has 0 radical (unpaired) electrons. The second-order valence-electron chi connectivity index (χ2n) is 6.18. The highest BCUT2D eigenvalue weighted by Gasteiger charge is 2.12. The number of rotatable bonds is 6. The summed E-state index contributed by atoms with van der Waals surface area (Å²) in [7, 11) is 0. The van der Waals surface area contributed by atoms with Gasteiger partial charge in [-0.15, -0.1) is 10.2 Å². The van der Waals surface area contributed by atoms with Crippen LogP contribution in [0.5, 0.6) is 0 Å². The fourth-order valence-electron chi connectivity index (χ4n) is 2.71. The molecule has 9 heteroatoms. The van der Waals surface area contributed by atoms with E-state index in [9.17, 15) is 9.59 Å². The van der Waals surface area contributed by atoms with Crippen LogP contribution in [0.2, 0.25) is 5.02 Å². The third-order valence-electron chi connectivity index (χ3n) is 4.20. The molecule has 0 fully saturated rings. The van der Waals surface area contributed by atoms with Crippen molar-refractivity contribution in [3.8, 4) is 11.5 Å². The number of aryl methyl sites for hydroxylation is 1. The summed E-state index contributed by atoms with van der Waals surface area (Å²) in [6, 6.07) is 14.0. The van der Waals surface area contributed by atoms with Crippen LogP contribution in [0.15, 0.2) is 64.1 Å². The predicted octanol–water partition coefficient (Wildman–Crippen LogP) is 3.23. The van der Waals surface area contributed by atoms with Crippen molar-refractivity contribution >= 4 is 28.5 Å². The van der Waals surface area contributed by atoms with Gasteiger partial charge in [0.25, 0.3) is 11.4 Å². The summed E-state index contributed by atoms with van der Waals surface area (Å²) in [6.45, 7) is 0.0135. The zero-order chi connectivity index (χ0) is 20.2. The highest BCUT2D eigenvalue weighted by atomic mass is 35.5. The molecular weight excluding hydrogens is 396 g/mol. The number of benzene rings is 2. The summed E-state index contributed by atoms with van der Waals surface area (Å²) in [5.41, 5.74) is 1.12. The van der Waals surface area contributed by atoms with Gasteiger partial charge in [-0.2, -0.15) is 0 Å². The summed E-state index contributed by atoms with van der Waals surface area (Å²) in [5.74, 6) is -0.00866. The molecule has 0 atom stereocenters. The quantitative estimate of drug-likeness (QED) is 0.450. The van der Waals surface area contributed by atoms with Gasteiger partial charge in [0.05, 0.1) is 23.7 Å². The monoisotopic (exact) mass is 410 g/mol. The summed E-state index contributed by atoms with van der Waals surface area (Å²) in [5, 5.41) is 8.89. The highest BCUT2D eigenvalue weighted by Crippen LogP contribution is 2.20. The summed E-state index contributed by atoms with van der Waals surface area (Å²) < 4.78 is 12.0. The summed E-state index contributed by atoms with van der Waals surface area (Å²) >= 11 is 5.85. The van der Waals surface area contributed by atoms with Crippen LogP contribution in [0.3, 0.4) is 0 Å². The van der Waals surface area contributed by atoms with Gasteiger partial charge in [-0.1, -0.05) is 23.7 Å². The number of fused-ring (bicyclic) bond motifs is 1. The molecule has 0 bridgehead atoms. The van der Waals surface area contributed by atoms with Crippen molar-refractivity contribution in [1.29, 1.82) is 0 Å². The smallest absolute Gasteiger partial charge is 0.308 e. The van der Waals surface area contributed by atoms with Gasteiger partial charge < -0.3 is 9.15 Å². The van der Waals surface area contributed by atoms with Gasteiger partial charge in [0.15, 0.2) is 6.61 Å². The Hall–Kier alpha value is -3.52. The number of ether oxygens (including phenoxy) is 1. The number of esters is 1. The second kappa shape index (κ2) is 8.24. The van der Waals surface area contributed by atoms with Gasteiger partial charge in [-0.3, -0.25) is 14.2 Å². The van der Waals surface area contributed by atoms with Crippen LogP contribution in [0.1, 0.15) is 12.3 Å². The molecule has 0 aliphatic carbocycles. The third-order valence-corrected chi connectivity index (χ3v) is 4.45. The number of halogens is 1. The van der Waals surface area contributed by atoms with Crippen LogP contribution in [-0.4, -0.2) is 25.7 Å². The number of carbonyl (C=O) groups excluding carboxylic acids is 1. The molecule has 0 saturated heterocycles. The van der Waals surface area contributed by atoms with Crippen LogP contribution < -0.4 is 5.56 Å². The molecule has 146 valence electrons. The van der Waals surface area contributed by atoms with Gasteiger partial charge in [0.1, 0.15) is 0 Å². The Balaban J connectivity index is 1.33. The van der Waals surface area contributed by atoms with E-state index in [0.29, 0.717) is 27.4 Å². The second-order valence-corrected chi connectivity index (χ2v) is 6.62. The standard InChI is InChI=1S/C20H15ClN4O4/c21-14-7-5-13(6-8-14)19-24-23-17(29-19)11-28-18(26)9-10-25-12-22-16-4-2-1-3-15(16)20(25)27/h1-8,12H,9-11H2. The molecule has 4 rings (SSSR count). The molecule has 0 amide bonds. The van der Waals surface area contributed by atoms with Crippen molar-refractivity contribution in [2.45, 2.75) is 19.6 Å². The minimum absolute atomic E-state index is 0.0120. The van der Waals surface area contributed by atoms with Crippen molar-refractivity contribution in [1.82, 2.24) is 19.7 Å². The average molecular weight is 411 g/mol. The van der Waals surface area contributed by atoms with Gasteiger partial charge >= 0.3 is 5.97 Å². The molecule has 4 aromatic rings. The Labute approximate surface area is 169 Å². The molecule has 0 spiro atoms. The van der Waals surface area contributed by atoms with Crippen LogP contribution in [0, 0.1) is 0 Å². The van der Waals surface area contributed by atoms with E-state index in [1.165, 1.54) is 10.9 Å². The molecule has 0 saturated carbocycles. The van der Waals surface area contributed by atoms with Crippen molar-refractivity contribution in [3.05, 3.63) is 76.1 Å². The van der Waals surface area contributed by atoms with E-state index in [4.69, 9.17) is 20.8 Å². The molecule has 2 heterocycles. The van der Waals surface area contributed by atoms with E-state index in [-0.39, 0.29) is 31.0 Å². The fraction of sp³-hybridized carbons (Fsp3) is 0.150. The van der Waals surface area contributed by atoms with E-state index in [2.05, 4.69) is 15.2 Å². The zero-order valence-electron chi connectivity index (χ0n) is 15.1. The fourth-order valence-corrected chi connectivity index (χ4v) is 2.84. The molecule has 2 aromatic carbocycles. The van der Waals surface area contributed by atoms with E-state index >= 15 is 0 Å². The van der Waals surface area contributed by atoms with Gasteiger partial charge in [0, 0.05) is 17.1 Å². The zero-order valence-corrected chi connectivity index (χ0v) is 15.9. The lowest BCUT2D eigenvalue weighted by Gasteiger charge is -2.06. The van der Waals surface area contributed by atoms with E-state index in [1.54, 1.807) is 42.5 Å². The molecule has 2 aromatic heterocycles. The topological polar surface area (TPSA) is 100 Å². The lowest BCUT2D eigenvalue weighted by molar-refractivity contribution is -0.145. The number of nitrogens with zero attached hydrogens (tertiary/aromatic N) is 4. The first-order valence-electron chi connectivity index (χ1n) is 8.78. The number of carbonyl (C=O) groups is 1. The SMILES string of the molecule is O=C(CCn1cnc2ccccc2c1=O)OCc1nnc(-c2ccc(Cl)cc2)o1. The molecule has 0 N–H and O–H groups in total. The predicted molar refractivity (Wildman–Crippen MR) is 105 cm³/mol. The summed E-state index contributed by atoms with van der Waals surface area (Å²) in [4.78, 5) is 28.6. The first-order chi connectivity index (χ1) is 14.1. The Kier molecular flexibility index (Phi) is 5.35. The lowest BCUT2D eigenvalue weighted by Crippen LogP contribution is -2.22. The highest BCUT2D eigenvalue weighted by molar-refractivity contribution is 6.30. The number of hydrogen-bond donors (Lipinski definition) is 0. The van der Waals surface area contributed by atoms with Gasteiger partial charge in [0.2, 0.25) is 5.89 Å². The lowest BCUT2D eigenvalue weighted by atomic mass is 10.2. The molecule has 0 aliphatic rings. The van der Waals surface area contributed by atoms with Crippen molar-refractivity contribution in [2.24, 2.45) is 0 Å². The van der Waals surface area contributed by atoms with Gasteiger partial charge in [-0.25, -0.2) is 4.98 Å². The Morgan fingerprint density at radius 3 is 2.72 bits per heavy atom. The minimum atomic E-state index is -0.490. The third kappa shape index (κ3) is 4.33. The first-order valence-corrected chi connectivity index (χ1v) is 9.16. The van der Waals surface area contributed by atoms with Crippen LogP contribution >= 0.6 is 11.6 Å². The van der Waals surface area contributed by atoms with Crippen molar-refractivity contribution in [2.75, 3.05) is 0 Å². The number of para-hydroxylation sites is 1. The van der Waals surface area contributed by atoms with E-state index in [0.717, 1.165) is 0 Å². The van der Waals surface area contributed by atoms with Gasteiger partial charge in [-0.05, 0) is 36.4 Å². The normalized spacial score (nSPS) is 10.9. The van der Waals surface area contributed by atoms with Crippen LogP contribution in [0.25, 0.3) is 22.4 Å². The van der Waals surface area contributed by atoms with E-state index < -0.39 is 5.97 Å². The van der Waals surface area contributed by atoms with Crippen LogP contribution in [0.4, 0.5) is 0 Å². The Morgan fingerprint density at radius 1 is 1.10 bits per heavy atom. The number of aromatic nitrogens is 4. The Morgan fingerprint density at radius 2 is 1.90 bits per heavy atom. The largest absolute Gasteiger partial charge is 0.456 e. The van der Waals surface area contributed by atoms with Crippen molar-refractivity contribution in [3.63, 3.8) is 0 Å². The first kappa shape index (κ1) is 18.8. The molecule has 0 unspecified atom stereocenters. The maximum atomic E-state index is 12.4.